The number of nitrogen functional groups attached to an aromatic ring is 1. The highest BCUT2D eigenvalue weighted by atomic mass is 32.2. The second-order valence-corrected chi connectivity index (χ2v) is 5.71. The van der Waals surface area contributed by atoms with Crippen LogP contribution in [0.3, 0.4) is 0 Å². The van der Waals surface area contributed by atoms with Gasteiger partial charge in [0.05, 0.1) is 28.6 Å². The molecule has 1 aromatic heterocycles. The van der Waals surface area contributed by atoms with E-state index in [2.05, 4.69) is 17.0 Å². The maximum atomic E-state index is 12.5. The van der Waals surface area contributed by atoms with E-state index in [4.69, 9.17) is 10.5 Å². The number of anilines is 1. The second-order valence-electron chi connectivity index (χ2n) is 4.29. The first-order chi connectivity index (χ1) is 9.65. The predicted octanol–water partition coefficient (Wildman–Crippen LogP) is 1.59. The van der Waals surface area contributed by atoms with E-state index >= 15 is 0 Å². The molecule has 0 amide bonds. The highest BCUT2D eigenvalue weighted by Crippen LogP contribution is 2.24. The summed E-state index contributed by atoms with van der Waals surface area (Å²) < 4.78 is 19.4. The van der Waals surface area contributed by atoms with E-state index in [1.54, 1.807) is 30.0 Å². The summed E-state index contributed by atoms with van der Waals surface area (Å²) in [5.74, 6) is 1.63. The molecule has 0 saturated carbocycles. The molecule has 0 spiro atoms. The van der Waals surface area contributed by atoms with Crippen LogP contribution in [0.4, 0.5) is 5.69 Å². The Morgan fingerprint density at radius 3 is 2.95 bits per heavy atom. The van der Waals surface area contributed by atoms with Crippen molar-refractivity contribution < 1.29 is 8.95 Å². The van der Waals surface area contributed by atoms with Gasteiger partial charge in [0, 0.05) is 12.2 Å². The lowest BCUT2D eigenvalue weighted by atomic mass is 10.3. The largest absolute Gasteiger partial charge is 0.497 e. The topological polar surface area (TPSA) is 83.0 Å². The first-order valence-corrected chi connectivity index (χ1v) is 7.66. The number of benzene rings is 1. The van der Waals surface area contributed by atoms with Crippen LogP contribution < -0.4 is 10.5 Å². The van der Waals surface area contributed by atoms with Gasteiger partial charge in [0.2, 0.25) is 0 Å². The molecule has 1 aromatic carbocycles. The molecule has 0 bridgehead atoms. The van der Waals surface area contributed by atoms with Crippen molar-refractivity contribution in [3.63, 3.8) is 0 Å². The number of nitrogens with zero attached hydrogens (tertiary/aromatic N) is 3. The minimum absolute atomic E-state index is 0.289. The molecule has 1 unspecified atom stereocenters. The predicted molar refractivity (Wildman–Crippen MR) is 77.8 cm³/mol. The van der Waals surface area contributed by atoms with Crippen molar-refractivity contribution in [2.24, 2.45) is 0 Å². The van der Waals surface area contributed by atoms with E-state index in [1.165, 1.54) is 6.33 Å². The van der Waals surface area contributed by atoms with E-state index in [0.717, 1.165) is 13.0 Å². The molecular formula is C13H18N4O2S. The third-order valence-corrected chi connectivity index (χ3v) is 4.22. The molecule has 1 heterocycles. The third-order valence-electron chi connectivity index (χ3n) is 2.86. The maximum absolute atomic E-state index is 12.5. The molecule has 6 nitrogen and oxygen atoms in total. The van der Waals surface area contributed by atoms with E-state index < -0.39 is 10.8 Å². The van der Waals surface area contributed by atoms with Crippen LogP contribution in [-0.4, -0.2) is 26.1 Å². The van der Waals surface area contributed by atoms with Crippen molar-refractivity contribution in [2.75, 3.05) is 12.8 Å². The van der Waals surface area contributed by atoms with Crippen LogP contribution in [0, 0.1) is 0 Å². The van der Waals surface area contributed by atoms with Gasteiger partial charge in [-0.25, -0.2) is 9.67 Å². The lowest BCUT2D eigenvalue weighted by molar-refractivity contribution is 0.413. The van der Waals surface area contributed by atoms with Crippen LogP contribution in [0.25, 0.3) is 0 Å². The number of ether oxygens (including phenoxy) is 1. The maximum Gasteiger partial charge on any atom is 0.139 e. The van der Waals surface area contributed by atoms with Gasteiger partial charge in [-0.1, -0.05) is 6.92 Å². The van der Waals surface area contributed by atoms with E-state index in [0.29, 0.717) is 22.2 Å². The average molecular weight is 294 g/mol. The van der Waals surface area contributed by atoms with Gasteiger partial charge >= 0.3 is 0 Å². The second kappa shape index (κ2) is 6.51. The van der Waals surface area contributed by atoms with Gasteiger partial charge in [-0.2, -0.15) is 5.10 Å². The molecule has 108 valence electrons. The Kier molecular flexibility index (Phi) is 4.73. The monoisotopic (exact) mass is 294 g/mol. The van der Waals surface area contributed by atoms with Gasteiger partial charge in [0.25, 0.3) is 0 Å². The van der Waals surface area contributed by atoms with E-state index in [1.807, 2.05) is 0 Å². The first-order valence-electron chi connectivity index (χ1n) is 6.34. The Morgan fingerprint density at radius 2 is 2.25 bits per heavy atom. The summed E-state index contributed by atoms with van der Waals surface area (Å²) in [5.41, 5.74) is 6.37. The van der Waals surface area contributed by atoms with E-state index in [-0.39, 0.29) is 5.75 Å². The Bertz CT molecular complexity index is 612. The van der Waals surface area contributed by atoms with Crippen LogP contribution in [0.2, 0.25) is 0 Å². The third kappa shape index (κ3) is 3.16. The standard InChI is InChI=1S/C13H18N4O2S/c1-3-6-17-13(15-9-16-17)8-20(18)12-7-10(19-2)4-5-11(12)14/h4-5,7,9H,3,6,8,14H2,1-2H3. The molecule has 2 rings (SSSR count). The highest BCUT2D eigenvalue weighted by molar-refractivity contribution is 7.84. The van der Waals surface area contributed by atoms with Gasteiger partial charge in [0.15, 0.2) is 0 Å². The van der Waals surface area contributed by atoms with Gasteiger partial charge in [0.1, 0.15) is 17.9 Å². The zero-order valence-electron chi connectivity index (χ0n) is 11.6. The number of nitrogens with two attached hydrogens (primary N) is 1. The first kappa shape index (κ1) is 14.5. The van der Waals surface area contributed by atoms with Gasteiger partial charge < -0.3 is 10.5 Å². The van der Waals surface area contributed by atoms with Crippen molar-refractivity contribution in [3.8, 4) is 5.75 Å². The fourth-order valence-electron chi connectivity index (χ4n) is 1.83. The smallest absolute Gasteiger partial charge is 0.139 e. The van der Waals surface area contributed by atoms with Crippen molar-refractivity contribution in [2.45, 2.75) is 30.5 Å². The summed E-state index contributed by atoms with van der Waals surface area (Å²) in [6.07, 6.45) is 2.43. The van der Waals surface area contributed by atoms with Gasteiger partial charge in [-0.15, -0.1) is 0 Å². The van der Waals surface area contributed by atoms with Crippen molar-refractivity contribution in [3.05, 3.63) is 30.4 Å². The highest BCUT2D eigenvalue weighted by Gasteiger charge is 2.14. The number of methoxy groups -OCH3 is 1. The SMILES string of the molecule is CCCn1ncnc1CS(=O)c1cc(OC)ccc1N. The molecule has 0 fully saturated rings. The summed E-state index contributed by atoms with van der Waals surface area (Å²) in [7, 11) is 0.287. The zero-order valence-corrected chi connectivity index (χ0v) is 12.4. The Labute approximate surface area is 120 Å². The van der Waals surface area contributed by atoms with E-state index in [9.17, 15) is 4.21 Å². The van der Waals surface area contributed by atoms with Crippen molar-refractivity contribution >= 4 is 16.5 Å². The summed E-state index contributed by atoms with van der Waals surface area (Å²) in [6.45, 7) is 2.82. The van der Waals surface area contributed by atoms with Crippen LogP contribution in [0.15, 0.2) is 29.4 Å². The molecule has 0 saturated heterocycles. The van der Waals surface area contributed by atoms with Crippen LogP contribution in [-0.2, 0) is 23.1 Å². The molecule has 0 aliphatic rings. The summed E-state index contributed by atoms with van der Waals surface area (Å²) in [5, 5.41) is 4.12. The molecule has 1 atom stereocenters. The minimum atomic E-state index is -1.28. The van der Waals surface area contributed by atoms with Crippen LogP contribution in [0.1, 0.15) is 19.2 Å². The number of rotatable bonds is 6. The Hall–Kier alpha value is -1.89. The molecular weight excluding hydrogens is 276 g/mol. The number of hydrogen-bond donors (Lipinski definition) is 1. The molecule has 0 aliphatic heterocycles. The number of hydrogen-bond acceptors (Lipinski definition) is 5. The lowest BCUT2D eigenvalue weighted by Gasteiger charge is -2.08. The lowest BCUT2D eigenvalue weighted by Crippen LogP contribution is -2.09. The molecule has 2 aromatic rings. The quantitative estimate of drug-likeness (QED) is 0.818. The zero-order chi connectivity index (χ0) is 14.5. The minimum Gasteiger partial charge on any atom is -0.497 e. The summed E-state index contributed by atoms with van der Waals surface area (Å²) in [4.78, 5) is 4.72. The summed E-state index contributed by atoms with van der Waals surface area (Å²) >= 11 is 0. The average Bonchev–Trinajstić information content (AvgIpc) is 2.87. The van der Waals surface area contributed by atoms with Crippen LogP contribution >= 0.6 is 0 Å². The molecule has 0 radical (unpaired) electrons. The molecule has 7 heteroatoms. The van der Waals surface area contributed by atoms with Gasteiger partial charge in [-0.3, -0.25) is 4.21 Å². The number of aromatic nitrogens is 3. The van der Waals surface area contributed by atoms with Crippen LogP contribution in [0.5, 0.6) is 5.75 Å². The normalized spacial score (nSPS) is 12.3. The van der Waals surface area contributed by atoms with Crippen molar-refractivity contribution in [1.29, 1.82) is 0 Å². The Morgan fingerprint density at radius 1 is 1.45 bits per heavy atom. The van der Waals surface area contributed by atoms with Crippen molar-refractivity contribution in [1.82, 2.24) is 14.8 Å². The molecule has 2 N–H and O–H groups in total. The fourth-order valence-corrected chi connectivity index (χ4v) is 3.02. The fraction of sp³-hybridized carbons (Fsp3) is 0.385. The Balaban J connectivity index is 2.21. The number of aryl methyl sites for hydroxylation is 1. The molecule has 20 heavy (non-hydrogen) atoms. The molecule has 0 aliphatic carbocycles. The summed E-state index contributed by atoms with van der Waals surface area (Å²) in [6, 6.07) is 5.14. The van der Waals surface area contributed by atoms with Gasteiger partial charge in [-0.05, 0) is 24.6 Å².